The van der Waals surface area contributed by atoms with Gasteiger partial charge in [0.15, 0.2) is 11.6 Å². The molecule has 1 aromatic rings. The number of carbonyl (C=O) groups excluding carboxylic acids is 1. The predicted octanol–water partition coefficient (Wildman–Crippen LogP) is 1.85. The first-order valence-corrected chi connectivity index (χ1v) is 7.32. The highest BCUT2D eigenvalue weighted by atomic mass is 19.2. The Labute approximate surface area is 132 Å². The molecule has 0 aliphatic carbocycles. The van der Waals surface area contributed by atoms with Gasteiger partial charge in [-0.2, -0.15) is 0 Å². The number of benzene rings is 1. The van der Waals surface area contributed by atoms with Gasteiger partial charge in [-0.15, -0.1) is 0 Å². The lowest BCUT2D eigenvalue weighted by molar-refractivity contribution is -0.151. The van der Waals surface area contributed by atoms with Gasteiger partial charge in [-0.25, -0.2) is 8.78 Å². The number of nitrogens with zero attached hydrogens (tertiary/aromatic N) is 1. The van der Waals surface area contributed by atoms with Crippen molar-refractivity contribution in [2.75, 3.05) is 26.8 Å². The maximum atomic E-state index is 13.6. The number of ether oxygens (including phenoxy) is 1. The fourth-order valence-electron chi connectivity index (χ4n) is 2.86. The van der Waals surface area contributed by atoms with E-state index in [1.54, 1.807) is 0 Å². The molecule has 0 saturated carbocycles. The minimum atomic E-state index is -1.09. The SMILES string of the molecule is COCC1(C(=O)O)CCN(C(=O)CCc2cccc(F)c2F)C1. The highest BCUT2D eigenvalue weighted by molar-refractivity contribution is 5.81. The number of likely N-dealkylation sites (tertiary alicyclic amines) is 1. The van der Waals surface area contributed by atoms with E-state index in [4.69, 9.17) is 4.74 Å². The molecule has 23 heavy (non-hydrogen) atoms. The van der Waals surface area contributed by atoms with Gasteiger partial charge in [0, 0.05) is 26.6 Å². The second-order valence-electron chi connectivity index (χ2n) is 5.80. The summed E-state index contributed by atoms with van der Waals surface area (Å²) in [6.07, 6.45) is 0.391. The van der Waals surface area contributed by atoms with Crippen LogP contribution in [0.4, 0.5) is 8.78 Å². The maximum absolute atomic E-state index is 13.6. The Kier molecular flexibility index (Phi) is 5.30. The molecule has 1 aliphatic heterocycles. The van der Waals surface area contributed by atoms with Gasteiger partial charge in [-0.05, 0) is 24.5 Å². The summed E-state index contributed by atoms with van der Waals surface area (Å²) in [6.45, 7) is 0.422. The number of rotatable bonds is 6. The third kappa shape index (κ3) is 3.67. The number of aliphatic carboxylic acids is 1. The monoisotopic (exact) mass is 327 g/mol. The van der Waals surface area contributed by atoms with Gasteiger partial charge in [-0.3, -0.25) is 9.59 Å². The smallest absolute Gasteiger partial charge is 0.313 e. The van der Waals surface area contributed by atoms with Gasteiger partial charge in [0.1, 0.15) is 5.41 Å². The van der Waals surface area contributed by atoms with Crippen molar-refractivity contribution in [2.45, 2.75) is 19.3 Å². The van der Waals surface area contributed by atoms with Crippen molar-refractivity contribution in [1.82, 2.24) is 4.90 Å². The van der Waals surface area contributed by atoms with E-state index in [0.29, 0.717) is 13.0 Å². The molecule has 1 aliphatic rings. The largest absolute Gasteiger partial charge is 0.481 e. The molecular weight excluding hydrogens is 308 g/mol. The second kappa shape index (κ2) is 7.04. The topological polar surface area (TPSA) is 66.8 Å². The summed E-state index contributed by atoms with van der Waals surface area (Å²) >= 11 is 0. The molecule has 1 N–H and O–H groups in total. The van der Waals surface area contributed by atoms with Gasteiger partial charge >= 0.3 is 5.97 Å². The quantitative estimate of drug-likeness (QED) is 0.866. The Morgan fingerprint density at radius 3 is 2.78 bits per heavy atom. The predicted molar refractivity (Wildman–Crippen MR) is 77.8 cm³/mol. The van der Waals surface area contributed by atoms with Crippen molar-refractivity contribution in [3.63, 3.8) is 0 Å². The summed E-state index contributed by atoms with van der Waals surface area (Å²) in [4.78, 5) is 25.1. The average Bonchev–Trinajstić information content (AvgIpc) is 2.94. The van der Waals surface area contributed by atoms with E-state index in [1.165, 1.54) is 24.1 Å². The molecule has 1 fully saturated rings. The van der Waals surface area contributed by atoms with E-state index < -0.39 is 23.0 Å². The number of carbonyl (C=O) groups is 2. The van der Waals surface area contributed by atoms with Crippen LogP contribution in [-0.2, 0) is 20.7 Å². The van der Waals surface area contributed by atoms with Crippen LogP contribution in [0.3, 0.4) is 0 Å². The van der Waals surface area contributed by atoms with E-state index in [0.717, 1.165) is 6.07 Å². The molecule has 1 saturated heterocycles. The van der Waals surface area contributed by atoms with Crippen LogP contribution in [0.5, 0.6) is 0 Å². The zero-order chi connectivity index (χ0) is 17.0. The first-order valence-electron chi connectivity index (χ1n) is 7.32. The number of halogens is 2. The lowest BCUT2D eigenvalue weighted by atomic mass is 9.88. The summed E-state index contributed by atoms with van der Waals surface area (Å²) in [5.41, 5.74) is -0.951. The number of hydrogen-bond acceptors (Lipinski definition) is 3. The zero-order valence-corrected chi connectivity index (χ0v) is 12.8. The Balaban J connectivity index is 1.97. The van der Waals surface area contributed by atoms with Crippen LogP contribution < -0.4 is 0 Å². The third-order valence-electron chi connectivity index (χ3n) is 4.22. The van der Waals surface area contributed by atoms with Crippen molar-refractivity contribution in [3.8, 4) is 0 Å². The van der Waals surface area contributed by atoms with Crippen LogP contribution in [0.2, 0.25) is 0 Å². The normalized spacial score (nSPS) is 20.7. The number of methoxy groups -OCH3 is 1. The van der Waals surface area contributed by atoms with Crippen LogP contribution in [0, 0.1) is 17.0 Å². The summed E-state index contributed by atoms with van der Waals surface area (Å²) < 4.78 is 31.7. The molecule has 126 valence electrons. The molecule has 5 nitrogen and oxygen atoms in total. The van der Waals surface area contributed by atoms with Crippen LogP contribution in [0.25, 0.3) is 0 Å². The van der Waals surface area contributed by atoms with Gasteiger partial charge < -0.3 is 14.7 Å². The first kappa shape index (κ1) is 17.3. The van der Waals surface area contributed by atoms with E-state index in [9.17, 15) is 23.5 Å². The number of amides is 1. The maximum Gasteiger partial charge on any atom is 0.313 e. The van der Waals surface area contributed by atoms with Crippen molar-refractivity contribution in [3.05, 3.63) is 35.4 Å². The number of hydrogen-bond donors (Lipinski definition) is 1. The van der Waals surface area contributed by atoms with Crippen molar-refractivity contribution in [2.24, 2.45) is 5.41 Å². The summed E-state index contributed by atoms with van der Waals surface area (Å²) in [5, 5.41) is 9.36. The molecule has 1 heterocycles. The standard InChI is InChI=1S/C16H19F2NO4/c1-23-10-16(15(21)22)7-8-19(9-16)13(20)6-5-11-3-2-4-12(17)14(11)18/h2-4H,5-10H2,1H3,(H,21,22). The van der Waals surface area contributed by atoms with Crippen LogP contribution >= 0.6 is 0 Å². The van der Waals surface area contributed by atoms with E-state index >= 15 is 0 Å². The minimum Gasteiger partial charge on any atom is -0.481 e. The lowest BCUT2D eigenvalue weighted by Gasteiger charge is -2.23. The van der Waals surface area contributed by atoms with E-state index in [-0.39, 0.29) is 37.5 Å². The molecule has 0 spiro atoms. The molecule has 1 aromatic carbocycles. The Morgan fingerprint density at radius 2 is 2.13 bits per heavy atom. The average molecular weight is 327 g/mol. The van der Waals surface area contributed by atoms with Gasteiger partial charge in [-0.1, -0.05) is 12.1 Å². The molecule has 0 aromatic heterocycles. The Morgan fingerprint density at radius 1 is 1.39 bits per heavy atom. The Hall–Kier alpha value is -2.02. The highest BCUT2D eigenvalue weighted by Crippen LogP contribution is 2.31. The van der Waals surface area contributed by atoms with Crippen LogP contribution in [0.15, 0.2) is 18.2 Å². The molecule has 1 atom stereocenters. The summed E-state index contributed by atoms with van der Waals surface area (Å²) in [5.74, 6) is -3.15. The van der Waals surface area contributed by atoms with E-state index in [2.05, 4.69) is 0 Å². The van der Waals surface area contributed by atoms with Gasteiger partial charge in [0.25, 0.3) is 0 Å². The van der Waals surface area contributed by atoms with E-state index in [1.807, 2.05) is 0 Å². The number of aryl methyl sites for hydroxylation is 1. The summed E-state index contributed by atoms with van der Waals surface area (Å²) in [7, 11) is 1.42. The third-order valence-corrected chi connectivity index (χ3v) is 4.22. The molecule has 0 bridgehead atoms. The fraction of sp³-hybridized carbons (Fsp3) is 0.500. The summed E-state index contributed by atoms with van der Waals surface area (Å²) in [6, 6.07) is 3.84. The minimum absolute atomic E-state index is 0.00303. The fourth-order valence-corrected chi connectivity index (χ4v) is 2.86. The highest BCUT2D eigenvalue weighted by Gasteiger charge is 2.46. The number of carboxylic acid groups (broad SMARTS) is 1. The van der Waals surface area contributed by atoms with Gasteiger partial charge in [0.05, 0.1) is 6.61 Å². The Bertz CT molecular complexity index is 608. The van der Waals surface area contributed by atoms with Crippen LogP contribution in [-0.4, -0.2) is 48.7 Å². The molecule has 1 unspecified atom stereocenters. The molecule has 7 heteroatoms. The molecule has 0 radical (unpaired) electrons. The van der Waals surface area contributed by atoms with Crippen LogP contribution in [0.1, 0.15) is 18.4 Å². The first-order chi connectivity index (χ1) is 10.9. The van der Waals surface area contributed by atoms with Crippen molar-refractivity contribution in [1.29, 1.82) is 0 Å². The molecular formula is C16H19F2NO4. The molecule has 2 rings (SSSR count). The van der Waals surface area contributed by atoms with Gasteiger partial charge in [0.2, 0.25) is 5.91 Å². The van der Waals surface area contributed by atoms with Crippen molar-refractivity contribution >= 4 is 11.9 Å². The zero-order valence-electron chi connectivity index (χ0n) is 12.8. The second-order valence-corrected chi connectivity index (χ2v) is 5.80. The number of carboxylic acids is 1. The molecule has 1 amide bonds. The van der Waals surface area contributed by atoms with Crippen molar-refractivity contribution < 1.29 is 28.2 Å². The lowest BCUT2D eigenvalue weighted by Crippen LogP contribution is -2.40.